The van der Waals surface area contributed by atoms with Crippen molar-refractivity contribution in [1.29, 1.82) is 0 Å². The van der Waals surface area contributed by atoms with Crippen LogP contribution < -0.4 is 0 Å². The summed E-state index contributed by atoms with van der Waals surface area (Å²) in [5, 5.41) is 9.56. The highest BCUT2D eigenvalue weighted by Crippen LogP contribution is 2.26. The lowest BCUT2D eigenvalue weighted by Crippen LogP contribution is -2.15. The van der Waals surface area contributed by atoms with Gasteiger partial charge in [-0.05, 0) is 30.2 Å². The largest absolute Gasteiger partial charge is 0.467 e. The summed E-state index contributed by atoms with van der Waals surface area (Å²) in [4.78, 5) is 11.1. The average Bonchev–Trinajstić information content (AvgIpc) is 2.21. The molecule has 1 unspecified atom stereocenters. The topological polar surface area (TPSA) is 46.5 Å². The Balaban J connectivity index is 3.19. The molecule has 1 rings (SSSR count). The number of hydrogen-bond acceptors (Lipinski definition) is 3. The molecule has 0 heterocycles. The summed E-state index contributed by atoms with van der Waals surface area (Å²) < 4.78 is 17.9. The van der Waals surface area contributed by atoms with Crippen molar-refractivity contribution < 1.29 is 19.0 Å². The van der Waals surface area contributed by atoms with Crippen molar-refractivity contribution in [1.82, 2.24) is 0 Å². The zero-order valence-electron chi connectivity index (χ0n) is 8.25. The van der Waals surface area contributed by atoms with Crippen LogP contribution in [-0.2, 0) is 9.53 Å². The van der Waals surface area contributed by atoms with E-state index >= 15 is 0 Å². The van der Waals surface area contributed by atoms with E-state index in [0.29, 0.717) is 10.0 Å². The molecule has 0 bridgehead atoms. The van der Waals surface area contributed by atoms with Gasteiger partial charge < -0.3 is 9.84 Å². The molecule has 82 valence electrons. The van der Waals surface area contributed by atoms with Gasteiger partial charge in [-0.15, -0.1) is 0 Å². The van der Waals surface area contributed by atoms with Gasteiger partial charge in [-0.2, -0.15) is 0 Å². The Morgan fingerprint density at radius 2 is 2.20 bits per heavy atom. The van der Waals surface area contributed by atoms with Crippen molar-refractivity contribution in [3.63, 3.8) is 0 Å². The number of carbonyl (C=O) groups is 1. The van der Waals surface area contributed by atoms with E-state index in [2.05, 4.69) is 20.7 Å². The number of ether oxygens (including phenoxy) is 1. The van der Waals surface area contributed by atoms with E-state index in [1.54, 1.807) is 6.92 Å². The molecule has 0 amide bonds. The normalized spacial score (nSPS) is 12.3. The van der Waals surface area contributed by atoms with Gasteiger partial charge in [-0.3, -0.25) is 0 Å². The van der Waals surface area contributed by atoms with E-state index in [4.69, 9.17) is 0 Å². The van der Waals surface area contributed by atoms with Crippen LogP contribution in [0.4, 0.5) is 4.39 Å². The third-order valence-corrected chi connectivity index (χ3v) is 2.89. The van der Waals surface area contributed by atoms with Crippen LogP contribution in [0.2, 0.25) is 0 Å². The van der Waals surface area contributed by atoms with Gasteiger partial charge in [0.15, 0.2) is 6.10 Å². The van der Waals surface area contributed by atoms with Crippen LogP contribution in [0.5, 0.6) is 0 Å². The Morgan fingerprint density at radius 3 is 2.73 bits per heavy atom. The zero-order valence-corrected chi connectivity index (χ0v) is 9.84. The van der Waals surface area contributed by atoms with Gasteiger partial charge in [-0.1, -0.05) is 15.9 Å². The first-order valence-corrected chi connectivity index (χ1v) is 4.98. The van der Waals surface area contributed by atoms with Crippen molar-refractivity contribution in [2.24, 2.45) is 0 Å². The van der Waals surface area contributed by atoms with E-state index < -0.39 is 17.9 Å². The number of hydrogen-bond donors (Lipinski definition) is 1. The molecule has 0 aliphatic rings. The molecule has 0 aromatic heterocycles. The minimum absolute atomic E-state index is 0.203. The smallest absolute Gasteiger partial charge is 0.339 e. The van der Waals surface area contributed by atoms with E-state index in [0.717, 1.165) is 13.2 Å². The summed E-state index contributed by atoms with van der Waals surface area (Å²) in [7, 11) is 1.16. The van der Waals surface area contributed by atoms with Crippen LogP contribution in [0.1, 0.15) is 17.2 Å². The predicted molar refractivity (Wildman–Crippen MR) is 55.8 cm³/mol. The number of aliphatic hydroxyl groups is 1. The number of halogens is 2. The number of methoxy groups -OCH3 is 1. The molecule has 0 spiro atoms. The highest BCUT2D eigenvalue weighted by Gasteiger charge is 2.21. The Bertz CT molecular complexity index is 392. The van der Waals surface area contributed by atoms with Crippen molar-refractivity contribution in [3.8, 4) is 0 Å². The summed E-state index contributed by atoms with van der Waals surface area (Å²) in [5.74, 6) is -1.33. The first-order valence-electron chi connectivity index (χ1n) is 4.18. The van der Waals surface area contributed by atoms with Gasteiger partial charge in [0.2, 0.25) is 0 Å². The van der Waals surface area contributed by atoms with Crippen molar-refractivity contribution in [3.05, 3.63) is 33.5 Å². The molecule has 1 aromatic rings. The lowest BCUT2D eigenvalue weighted by Gasteiger charge is -2.12. The lowest BCUT2D eigenvalue weighted by molar-refractivity contribution is -0.150. The minimum Gasteiger partial charge on any atom is -0.467 e. The van der Waals surface area contributed by atoms with Gasteiger partial charge in [0.1, 0.15) is 5.82 Å². The van der Waals surface area contributed by atoms with Crippen LogP contribution in [0.3, 0.4) is 0 Å². The SMILES string of the molecule is COC(=O)C(O)c1cc(F)cc(Br)c1C. The molecular formula is C10H10BrFO3. The van der Waals surface area contributed by atoms with Crippen molar-refractivity contribution >= 4 is 21.9 Å². The number of esters is 1. The number of aliphatic hydroxyl groups excluding tert-OH is 1. The van der Waals surface area contributed by atoms with Gasteiger partial charge in [0.25, 0.3) is 0 Å². The van der Waals surface area contributed by atoms with Gasteiger partial charge in [0, 0.05) is 4.47 Å². The Kier molecular flexibility index (Phi) is 3.82. The molecule has 3 nitrogen and oxygen atoms in total. The lowest BCUT2D eigenvalue weighted by atomic mass is 10.0. The molecule has 0 saturated heterocycles. The third-order valence-electron chi connectivity index (χ3n) is 2.07. The monoisotopic (exact) mass is 276 g/mol. The zero-order chi connectivity index (χ0) is 11.6. The van der Waals surface area contributed by atoms with Crippen molar-refractivity contribution in [2.75, 3.05) is 7.11 Å². The molecule has 5 heteroatoms. The molecule has 0 aliphatic heterocycles. The molecule has 15 heavy (non-hydrogen) atoms. The highest BCUT2D eigenvalue weighted by molar-refractivity contribution is 9.10. The fraction of sp³-hybridized carbons (Fsp3) is 0.300. The van der Waals surface area contributed by atoms with Gasteiger partial charge >= 0.3 is 5.97 Å². The van der Waals surface area contributed by atoms with Crippen LogP contribution in [0.25, 0.3) is 0 Å². The molecule has 0 aliphatic carbocycles. The van der Waals surface area contributed by atoms with E-state index in [-0.39, 0.29) is 5.56 Å². The molecular weight excluding hydrogens is 267 g/mol. The Labute approximate surface area is 95.0 Å². The average molecular weight is 277 g/mol. The Morgan fingerprint density at radius 1 is 1.60 bits per heavy atom. The fourth-order valence-electron chi connectivity index (χ4n) is 1.19. The number of benzene rings is 1. The maximum absolute atomic E-state index is 13.0. The number of rotatable bonds is 2. The molecule has 0 radical (unpaired) electrons. The molecule has 1 atom stereocenters. The Hall–Kier alpha value is -0.940. The standard InChI is InChI=1S/C10H10BrFO3/c1-5-7(9(13)10(14)15-2)3-6(12)4-8(5)11/h3-4,9,13H,1-2H3. The molecule has 0 saturated carbocycles. The first kappa shape index (κ1) is 12.1. The van der Waals surface area contributed by atoms with Crippen LogP contribution in [0.15, 0.2) is 16.6 Å². The van der Waals surface area contributed by atoms with Crippen molar-refractivity contribution in [2.45, 2.75) is 13.0 Å². The maximum Gasteiger partial charge on any atom is 0.339 e. The summed E-state index contributed by atoms with van der Waals surface area (Å²) in [6.45, 7) is 1.67. The van der Waals surface area contributed by atoms with E-state index in [1.165, 1.54) is 6.07 Å². The summed E-state index contributed by atoms with van der Waals surface area (Å²) >= 11 is 3.13. The summed E-state index contributed by atoms with van der Waals surface area (Å²) in [6, 6.07) is 2.38. The second kappa shape index (κ2) is 4.72. The van der Waals surface area contributed by atoms with E-state index in [9.17, 15) is 14.3 Å². The molecule has 1 N–H and O–H groups in total. The van der Waals surface area contributed by atoms with Gasteiger partial charge in [0.05, 0.1) is 7.11 Å². The first-order chi connectivity index (χ1) is 6.97. The minimum atomic E-state index is -1.46. The quantitative estimate of drug-likeness (QED) is 0.842. The van der Waals surface area contributed by atoms with Gasteiger partial charge in [-0.25, -0.2) is 9.18 Å². The van der Waals surface area contributed by atoms with Crippen LogP contribution in [-0.4, -0.2) is 18.2 Å². The fourth-order valence-corrected chi connectivity index (χ4v) is 1.64. The molecule has 1 aromatic carbocycles. The van der Waals surface area contributed by atoms with Crippen LogP contribution >= 0.6 is 15.9 Å². The summed E-state index contributed by atoms with van der Waals surface area (Å²) in [6.07, 6.45) is -1.46. The number of carbonyl (C=O) groups excluding carboxylic acids is 1. The third kappa shape index (κ3) is 2.54. The predicted octanol–water partition coefficient (Wildman–Crippen LogP) is 2.10. The maximum atomic E-state index is 13.0. The second-order valence-corrected chi connectivity index (χ2v) is 3.88. The molecule has 0 fully saturated rings. The van der Waals surface area contributed by atoms with Crippen LogP contribution in [0, 0.1) is 12.7 Å². The second-order valence-electron chi connectivity index (χ2n) is 3.03. The summed E-state index contributed by atoms with van der Waals surface area (Å²) in [5.41, 5.74) is 0.808. The highest BCUT2D eigenvalue weighted by atomic mass is 79.9. The van der Waals surface area contributed by atoms with E-state index in [1.807, 2.05) is 0 Å².